The van der Waals surface area contributed by atoms with Crippen molar-refractivity contribution in [3.8, 4) is 5.75 Å². The van der Waals surface area contributed by atoms with E-state index in [0.717, 1.165) is 17.7 Å². The monoisotopic (exact) mass is 317 g/mol. The Morgan fingerprint density at radius 3 is 2.27 bits per heavy atom. The highest BCUT2D eigenvalue weighted by atomic mass is 32.2. The minimum atomic E-state index is -1.25. The van der Waals surface area contributed by atoms with Gasteiger partial charge in [-0.3, -0.25) is 5.14 Å². The highest BCUT2D eigenvalue weighted by Gasteiger charge is 2.13. The van der Waals surface area contributed by atoms with Crippen LogP contribution >= 0.6 is 0 Å². The zero-order valence-corrected chi connectivity index (χ0v) is 13.9. The molecule has 2 unspecified atom stereocenters. The molecule has 0 aliphatic carbocycles. The third-order valence-corrected chi connectivity index (χ3v) is 4.77. The van der Waals surface area contributed by atoms with E-state index in [2.05, 4.69) is 31.2 Å². The number of benzene rings is 2. The standard InChI is InChI=1S/C18H23NO2S/c1-14(12-15(2)22(19)20)17-10-8-16(9-11-17)13-21-18-6-4-3-5-7-18/h3-11,14-15H,12-13,19H2,1-2H3/t14-,15?,22?/m0/s1. The molecule has 0 saturated heterocycles. The van der Waals surface area contributed by atoms with Crippen molar-refractivity contribution in [1.29, 1.82) is 0 Å². The highest BCUT2D eigenvalue weighted by molar-refractivity contribution is 7.83. The van der Waals surface area contributed by atoms with Crippen LogP contribution in [0.4, 0.5) is 0 Å². The predicted octanol–water partition coefficient (Wildman–Crippen LogP) is 3.77. The molecule has 0 amide bonds. The minimum absolute atomic E-state index is 0.0103. The Morgan fingerprint density at radius 1 is 1.05 bits per heavy atom. The van der Waals surface area contributed by atoms with Crippen LogP contribution in [0.2, 0.25) is 0 Å². The summed E-state index contributed by atoms with van der Waals surface area (Å²) in [5, 5.41) is 5.45. The molecule has 0 saturated carbocycles. The van der Waals surface area contributed by atoms with Crippen molar-refractivity contribution in [3.63, 3.8) is 0 Å². The van der Waals surface area contributed by atoms with E-state index in [-0.39, 0.29) is 5.25 Å². The molecule has 0 aliphatic heterocycles. The molecular weight excluding hydrogens is 294 g/mol. The zero-order valence-electron chi connectivity index (χ0n) is 13.1. The number of nitrogens with two attached hydrogens (primary N) is 1. The van der Waals surface area contributed by atoms with Crippen LogP contribution in [-0.2, 0) is 17.6 Å². The van der Waals surface area contributed by atoms with Gasteiger partial charge in [0.05, 0.1) is 11.0 Å². The second kappa shape index (κ2) is 8.11. The number of hydrogen-bond donors (Lipinski definition) is 1. The van der Waals surface area contributed by atoms with E-state index >= 15 is 0 Å². The van der Waals surface area contributed by atoms with E-state index in [1.165, 1.54) is 5.56 Å². The van der Waals surface area contributed by atoms with Crippen molar-refractivity contribution >= 4 is 11.0 Å². The zero-order chi connectivity index (χ0) is 15.9. The maximum absolute atomic E-state index is 11.3. The van der Waals surface area contributed by atoms with Crippen LogP contribution in [-0.4, -0.2) is 9.46 Å². The van der Waals surface area contributed by atoms with Gasteiger partial charge in [-0.25, -0.2) is 4.21 Å². The smallest absolute Gasteiger partial charge is 0.119 e. The fourth-order valence-corrected chi connectivity index (χ4v) is 2.83. The molecule has 0 radical (unpaired) electrons. The van der Waals surface area contributed by atoms with Crippen LogP contribution in [0.5, 0.6) is 5.75 Å². The summed E-state index contributed by atoms with van der Waals surface area (Å²) in [5.41, 5.74) is 2.37. The first-order valence-electron chi connectivity index (χ1n) is 7.48. The molecule has 3 atom stereocenters. The summed E-state index contributed by atoms with van der Waals surface area (Å²) < 4.78 is 17.0. The van der Waals surface area contributed by atoms with Crippen molar-refractivity contribution in [2.45, 2.75) is 38.0 Å². The van der Waals surface area contributed by atoms with Gasteiger partial charge >= 0.3 is 0 Å². The SMILES string of the molecule is CC(C[C@H](C)c1ccc(COc2ccccc2)cc1)S(N)=O. The van der Waals surface area contributed by atoms with E-state index in [9.17, 15) is 4.21 Å². The molecule has 0 aromatic heterocycles. The molecule has 22 heavy (non-hydrogen) atoms. The quantitative estimate of drug-likeness (QED) is 0.845. The van der Waals surface area contributed by atoms with E-state index in [4.69, 9.17) is 9.88 Å². The molecule has 2 aromatic rings. The second-order valence-corrected chi connectivity index (χ2v) is 7.08. The molecular formula is C18H23NO2S. The van der Waals surface area contributed by atoms with Gasteiger partial charge in [-0.2, -0.15) is 0 Å². The minimum Gasteiger partial charge on any atom is -0.489 e. The Kier molecular flexibility index (Phi) is 6.16. The van der Waals surface area contributed by atoms with E-state index in [0.29, 0.717) is 12.5 Å². The van der Waals surface area contributed by atoms with Gasteiger partial charge in [0.15, 0.2) is 0 Å². The first-order chi connectivity index (χ1) is 10.6. The average Bonchev–Trinajstić information content (AvgIpc) is 2.54. The van der Waals surface area contributed by atoms with Gasteiger partial charge in [0.25, 0.3) is 0 Å². The molecule has 2 rings (SSSR count). The lowest BCUT2D eigenvalue weighted by Crippen LogP contribution is -2.20. The third-order valence-electron chi connectivity index (χ3n) is 3.78. The van der Waals surface area contributed by atoms with Crippen LogP contribution in [0, 0.1) is 0 Å². The van der Waals surface area contributed by atoms with Gasteiger partial charge in [-0.15, -0.1) is 0 Å². The number of hydrogen-bond acceptors (Lipinski definition) is 2. The fraction of sp³-hybridized carbons (Fsp3) is 0.333. The summed E-state index contributed by atoms with van der Waals surface area (Å²) in [5.74, 6) is 1.21. The first-order valence-corrected chi connectivity index (χ1v) is 8.75. The second-order valence-electron chi connectivity index (χ2n) is 5.62. The van der Waals surface area contributed by atoms with Crippen LogP contribution in [0.3, 0.4) is 0 Å². The number of rotatable bonds is 7. The van der Waals surface area contributed by atoms with E-state index < -0.39 is 11.0 Å². The highest BCUT2D eigenvalue weighted by Crippen LogP contribution is 2.22. The van der Waals surface area contributed by atoms with Crippen LogP contribution in [0.15, 0.2) is 54.6 Å². The predicted molar refractivity (Wildman–Crippen MR) is 92.0 cm³/mol. The molecule has 0 spiro atoms. The molecule has 0 fully saturated rings. The lowest BCUT2D eigenvalue weighted by molar-refractivity contribution is 0.306. The van der Waals surface area contributed by atoms with Gasteiger partial charge in [-0.05, 0) is 42.5 Å². The van der Waals surface area contributed by atoms with Crippen molar-refractivity contribution in [1.82, 2.24) is 0 Å². The number of para-hydroxylation sites is 1. The fourth-order valence-electron chi connectivity index (χ4n) is 2.35. The lowest BCUT2D eigenvalue weighted by atomic mass is 9.95. The summed E-state index contributed by atoms with van der Waals surface area (Å²) >= 11 is 0. The Hall–Kier alpha value is -1.65. The van der Waals surface area contributed by atoms with Crippen molar-refractivity contribution in [2.24, 2.45) is 5.14 Å². The summed E-state index contributed by atoms with van der Waals surface area (Å²) in [7, 11) is -1.25. The van der Waals surface area contributed by atoms with Gasteiger partial charge < -0.3 is 4.74 Å². The van der Waals surface area contributed by atoms with Crippen molar-refractivity contribution in [3.05, 3.63) is 65.7 Å². The Bertz CT molecular complexity index is 598. The third kappa shape index (κ3) is 4.97. The van der Waals surface area contributed by atoms with Gasteiger partial charge in [-0.1, -0.05) is 49.4 Å². The van der Waals surface area contributed by atoms with E-state index in [1.807, 2.05) is 37.3 Å². The Labute approximate surface area is 135 Å². The molecule has 2 aromatic carbocycles. The molecule has 2 N–H and O–H groups in total. The van der Waals surface area contributed by atoms with Gasteiger partial charge in [0, 0.05) is 5.25 Å². The summed E-state index contributed by atoms with van der Waals surface area (Å²) in [6, 6.07) is 18.2. The largest absolute Gasteiger partial charge is 0.489 e. The summed E-state index contributed by atoms with van der Waals surface area (Å²) in [6.45, 7) is 4.62. The number of ether oxygens (including phenoxy) is 1. The molecule has 3 nitrogen and oxygen atoms in total. The van der Waals surface area contributed by atoms with Crippen molar-refractivity contribution in [2.75, 3.05) is 0 Å². The molecule has 0 bridgehead atoms. The van der Waals surface area contributed by atoms with E-state index in [1.54, 1.807) is 0 Å². The molecule has 118 valence electrons. The molecule has 0 aliphatic rings. The topological polar surface area (TPSA) is 52.3 Å². The Morgan fingerprint density at radius 2 is 1.68 bits per heavy atom. The first kappa shape index (κ1) is 16.7. The lowest BCUT2D eigenvalue weighted by Gasteiger charge is -2.16. The summed E-state index contributed by atoms with van der Waals surface area (Å²) in [4.78, 5) is 0. The average molecular weight is 317 g/mol. The van der Waals surface area contributed by atoms with Crippen molar-refractivity contribution < 1.29 is 8.95 Å². The van der Waals surface area contributed by atoms with Crippen LogP contribution < -0.4 is 9.88 Å². The molecule has 0 heterocycles. The Balaban J connectivity index is 1.91. The maximum Gasteiger partial charge on any atom is 0.119 e. The normalized spacial score (nSPS) is 15.0. The summed E-state index contributed by atoms with van der Waals surface area (Å²) in [6.07, 6.45) is 0.822. The molecule has 4 heteroatoms. The maximum atomic E-state index is 11.3. The van der Waals surface area contributed by atoms with Crippen LogP contribution in [0.1, 0.15) is 37.3 Å². The van der Waals surface area contributed by atoms with Crippen LogP contribution in [0.25, 0.3) is 0 Å². The van der Waals surface area contributed by atoms with Gasteiger partial charge in [0.2, 0.25) is 0 Å². The van der Waals surface area contributed by atoms with Gasteiger partial charge in [0.1, 0.15) is 12.4 Å².